The molecule has 1 saturated heterocycles. The molecule has 1 fully saturated rings. The molecule has 2 heterocycles. The maximum absolute atomic E-state index is 10.1. The topological polar surface area (TPSA) is 50.7 Å². The van der Waals surface area contributed by atoms with E-state index < -0.39 is 0 Å². The lowest BCUT2D eigenvalue weighted by Gasteiger charge is -2.26. The molecule has 4 heteroatoms. The third-order valence-corrected chi connectivity index (χ3v) is 3.47. The lowest BCUT2D eigenvalue weighted by molar-refractivity contribution is 0.170. The fourth-order valence-electron chi connectivity index (χ4n) is 2.55. The molecule has 0 atom stereocenters. The monoisotopic (exact) mass is 235 g/mol. The zero-order chi connectivity index (χ0) is 11.7. The van der Waals surface area contributed by atoms with Crippen LogP contribution in [0.15, 0.2) is 12.1 Å². The van der Waals surface area contributed by atoms with Crippen LogP contribution in [0.3, 0.4) is 0 Å². The van der Waals surface area contributed by atoms with Gasteiger partial charge in [-0.25, -0.2) is 0 Å². The number of piperidine rings is 1. The van der Waals surface area contributed by atoms with E-state index >= 15 is 0 Å². The minimum absolute atomic E-state index is 0.334. The summed E-state index contributed by atoms with van der Waals surface area (Å²) in [4.78, 5) is 0. The summed E-state index contributed by atoms with van der Waals surface area (Å²) < 4.78 is 11.0. The SMILES string of the molecule is Oc1cc2c(cc1C1CCNCC1)OCCO2. The lowest BCUT2D eigenvalue weighted by Crippen LogP contribution is -2.26. The van der Waals surface area contributed by atoms with Crippen molar-refractivity contribution in [2.45, 2.75) is 18.8 Å². The molecule has 2 N–H and O–H groups in total. The molecular formula is C13H17NO3. The van der Waals surface area contributed by atoms with Crippen molar-refractivity contribution in [1.29, 1.82) is 0 Å². The zero-order valence-corrected chi connectivity index (χ0v) is 9.74. The molecule has 0 saturated carbocycles. The second-order valence-corrected chi connectivity index (χ2v) is 4.58. The normalized spacial score (nSPS) is 20.2. The number of nitrogens with one attached hydrogen (secondary N) is 1. The van der Waals surface area contributed by atoms with Gasteiger partial charge in [0.05, 0.1) is 0 Å². The predicted octanol–water partition coefficient (Wildman–Crippen LogP) is 1.63. The maximum Gasteiger partial charge on any atom is 0.165 e. The number of ether oxygens (including phenoxy) is 2. The Labute approximate surface area is 101 Å². The predicted molar refractivity (Wildman–Crippen MR) is 63.9 cm³/mol. The molecule has 0 unspecified atom stereocenters. The number of hydrogen-bond donors (Lipinski definition) is 2. The van der Waals surface area contributed by atoms with Crippen molar-refractivity contribution in [3.8, 4) is 17.2 Å². The third-order valence-electron chi connectivity index (χ3n) is 3.47. The van der Waals surface area contributed by atoms with Crippen molar-refractivity contribution in [3.63, 3.8) is 0 Å². The molecule has 1 aromatic carbocycles. The molecule has 2 aliphatic rings. The van der Waals surface area contributed by atoms with E-state index in [1.54, 1.807) is 6.07 Å². The summed E-state index contributed by atoms with van der Waals surface area (Å²) in [6.45, 7) is 3.17. The standard InChI is InChI=1S/C13H17NO3/c15-11-8-13-12(16-5-6-17-13)7-10(11)9-1-3-14-4-2-9/h7-9,14-15H,1-6H2. The van der Waals surface area contributed by atoms with E-state index in [1.165, 1.54) is 0 Å². The van der Waals surface area contributed by atoms with Crippen LogP contribution < -0.4 is 14.8 Å². The van der Waals surface area contributed by atoms with Crippen molar-refractivity contribution < 1.29 is 14.6 Å². The summed E-state index contributed by atoms with van der Waals surface area (Å²) in [5, 5.41) is 13.4. The first-order chi connectivity index (χ1) is 8.34. The maximum atomic E-state index is 10.1. The second kappa shape index (κ2) is 4.45. The Morgan fingerprint density at radius 2 is 1.71 bits per heavy atom. The van der Waals surface area contributed by atoms with Crippen LogP contribution >= 0.6 is 0 Å². The molecular weight excluding hydrogens is 218 g/mol. The van der Waals surface area contributed by atoms with Crippen molar-refractivity contribution in [2.75, 3.05) is 26.3 Å². The molecule has 17 heavy (non-hydrogen) atoms. The van der Waals surface area contributed by atoms with Crippen molar-refractivity contribution in [1.82, 2.24) is 5.32 Å². The highest BCUT2D eigenvalue weighted by atomic mass is 16.6. The molecule has 0 aliphatic carbocycles. The van der Waals surface area contributed by atoms with Gasteiger partial charge in [-0.2, -0.15) is 0 Å². The molecule has 1 aromatic rings. The fourth-order valence-corrected chi connectivity index (χ4v) is 2.55. The molecule has 2 aliphatic heterocycles. The smallest absolute Gasteiger partial charge is 0.165 e. The van der Waals surface area contributed by atoms with Gasteiger partial charge in [0.25, 0.3) is 0 Å². The first kappa shape index (κ1) is 10.7. The number of hydrogen-bond acceptors (Lipinski definition) is 4. The van der Waals surface area contributed by atoms with Crippen molar-refractivity contribution >= 4 is 0 Å². The van der Waals surface area contributed by atoms with Gasteiger partial charge >= 0.3 is 0 Å². The van der Waals surface area contributed by atoms with Gasteiger partial charge in [-0.1, -0.05) is 0 Å². The van der Waals surface area contributed by atoms with Gasteiger partial charge in [-0.05, 0) is 37.9 Å². The van der Waals surface area contributed by atoms with Gasteiger partial charge in [0.2, 0.25) is 0 Å². The molecule has 4 nitrogen and oxygen atoms in total. The summed E-state index contributed by atoms with van der Waals surface area (Å²) in [5.41, 5.74) is 0.996. The van der Waals surface area contributed by atoms with Gasteiger partial charge in [0, 0.05) is 11.6 Å². The minimum atomic E-state index is 0.334. The second-order valence-electron chi connectivity index (χ2n) is 4.58. The third kappa shape index (κ3) is 2.05. The highest BCUT2D eigenvalue weighted by molar-refractivity contribution is 5.52. The molecule has 0 aromatic heterocycles. The molecule has 92 valence electrons. The van der Waals surface area contributed by atoms with E-state index in [9.17, 15) is 5.11 Å². The Morgan fingerprint density at radius 1 is 1.06 bits per heavy atom. The van der Waals surface area contributed by atoms with Crippen LogP contribution in [0.25, 0.3) is 0 Å². The lowest BCUT2D eigenvalue weighted by atomic mass is 9.89. The van der Waals surface area contributed by atoms with Crippen LogP contribution in [0.1, 0.15) is 24.3 Å². The summed E-state index contributed by atoms with van der Waals surface area (Å²) >= 11 is 0. The number of aromatic hydroxyl groups is 1. The molecule has 0 radical (unpaired) electrons. The summed E-state index contributed by atoms with van der Waals surface area (Å²) in [5.74, 6) is 2.18. The van der Waals surface area contributed by atoms with Crippen molar-refractivity contribution in [3.05, 3.63) is 17.7 Å². The van der Waals surface area contributed by atoms with Crippen LogP contribution in [-0.2, 0) is 0 Å². The van der Waals surface area contributed by atoms with Gasteiger partial charge in [-0.3, -0.25) is 0 Å². The van der Waals surface area contributed by atoms with Crippen LogP contribution in [0.5, 0.6) is 17.2 Å². The average molecular weight is 235 g/mol. The average Bonchev–Trinajstić information content (AvgIpc) is 2.39. The Kier molecular flexibility index (Phi) is 2.81. The number of benzene rings is 1. The Hall–Kier alpha value is -1.42. The van der Waals surface area contributed by atoms with E-state index in [0.29, 0.717) is 30.6 Å². The van der Waals surface area contributed by atoms with Crippen LogP contribution in [0.2, 0.25) is 0 Å². The van der Waals surface area contributed by atoms with Crippen molar-refractivity contribution in [2.24, 2.45) is 0 Å². The van der Waals surface area contributed by atoms with E-state index in [4.69, 9.17) is 9.47 Å². The summed E-state index contributed by atoms with van der Waals surface area (Å²) in [6.07, 6.45) is 2.13. The molecule has 3 rings (SSSR count). The number of fused-ring (bicyclic) bond motifs is 1. The molecule has 0 amide bonds. The zero-order valence-electron chi connectivity index (χ0n) is 9.74. The minimum Gasteiger partial charge on any atom is -0.508 e. The van der Waals surface area contributed by atoms with Crippen LogP contribution in [-0.4, -0.2) is 31.4 Å². The van der Waals surface area contributed by atoms with Crippen LogP contribution in [0.4, 0.5) is 0 Å². The first-order valence-electron chi connectivity index (χ1n) is 6.18. The number of rotatable bonds is 1. The Bertz CT molecular complexity index is 413. The van der Waals surface area contributed by atoms with Gasteiger partial charge in [0.1, 0.15) is 19.0 Å². The van der Waals surface area contributed by atoms with E-state index in [2.05, 4.69) is 5.32 Å². The Morgan fingerprint density at radius 3 is 2.41 bits per heavy atom. The van der Waals surface area contributed by atoms with Crippen LogP contribution in [0, 0.1) is 0 Å². The summed E-state index contributed by atoms with van der Waals surface area (Å²) in [7, 11) is 0. The highest BCUT2D eigenvalue weighted by Crippen LogP contribution is 2.41. The first-order valence-corrected chi connectivity index (χ1v) is 6.18. The molecule has 0 bridgehead atoms. The molecule has 0 spiro atoms. The highest BCUT2D eigenvalue weighted by Gasteiger charge is 2.22. The Balaban J connectivity index is 1.93. The van der Waals surface area contributed by atoms with E-state index in [1.807, 2.05) is 6.07 Å². The summed E-state index contributed by atoms with van der Waals surface area (Å²) in [6, 6.07) is 3.63. The number of phenolic OH excluding ortho intramolecular Hbond substituents is 1. The van der Waals surface area contributed by atoms with E-state index in [-0.39, 0.29) is 0 Å². The van der Waals surface area contributed by atoms with Gasteiger partial charge in [0.15, 0.2) is 11.5 Å². The van der Waals surface area contributed by atoms with Gasteiger partial charge < -0.3 is 19.9 Å². The fraction of sp³-hybridized carbons (Fsp3) is 0.538. The largest absolute Gasteiger partial charge is 0.508 e. The van der Waals surface area contributed by atoms with Gasteiger partial charge in [-0.15, -0.1) is 0 Å². The number of phenols is 1. The quantitative estimate of drug-likeness (QED) is 0.776. The van der Waals surface area contributed by atoms with E-state index in [0.717, 1.165) is 37.2 Å².